The van der Waals surface area contributed by atoms with Crippen LogP contribution in [0.15, 0.2) is 41.2 Å². The van der Waals surface area contributed by atoms with E-state index in [1.807, 2.05) is 0 Å². The van der Waals surface area contributed by atoms with E-state index in [0.29, 0.717) is 10.9 Å². The molecular weight excluding hydrogens is 286 g/mol. The summed E-state index contributed by atoms with van der Waals surface area (Å²) in [7, 11) is 0. The number of halogens is 3. The summed E-state index contributed by atoms with van der Waals surface area (Å²) < 4.78 is 26.5. The fourth-order valence-electron chi connectivity index (χ4n) is 1.92. The van der Waals surface area contributed by atoms with Gasteiger partial charge in [0, 0.05) is 5.56 Å². The van der Waals surface area contributed by atoms with Gasteiger partial charge >= 0.3 is 0 Å². The van der Waals surface area contributed by atoms with Gasteiger partial charge in [0.2, 0.25) is 0 Å². The van der Waals surface area contributed by atoms with E-state index in [-0.39, 0.29) is 22.0 Å². The van der Waals surface area contributed by atoms with E-state index in [2.05, 4.69) is 9.97 Å². The summed E-state index contributed by atoms with van der Waals surface area (Å²) in [6.07, 6.45) is 0. The summed E-state index contributed by atoms with van der Waals surface area (Å²) in [6, 6.07) is 8.89. The molecule has 0 aliphatic rings. The van der Waals surface area contributed by atoms with E-state index in [4.69, 9.17) is 11.6 Å². The smallest absolute Gasteiger partial charge is 0.259 e. The van der Waals surface area contributed by atoms with Crippen molar-refractivity contribution in [3.8, 4) is 11.4 Å². The summed E-state index contributed by atoms with van der Waals surface area (Å²) in [5.74, 6) is -2.09. The highest BCUT2D eigenvalue weighted by Gasteiger charge is 2.12. The second-order valence-corrected chi connectivity index (χ2v) is 4.59. The molecule has 2 aromatic carbocycles. The largest absolute Gasteiger partial charge is 0.306 e. The lowest BCUT2D eigenvalue weighted by atomic mass is 10.2. The molecule has 0 saturated carbocycles. The van der Waals surface area contributed by atoms with Gasteiger partial charge in [0.25, 0.3) is 5.56 Å². The van der Waals surface area contributed by atoms with Crippen molar-refractivity contribution in [2.24, 2.45) is 0 Å². The van der Waals surface area contributed by atoms with Gasteiger partial charge in [-0.2, -0.15) is 0 Å². The van der Waals surface area contributed by atoms with Gasteiger partial charge in [-0.1, -0.05) is 23.7 Å². The summed E-state index contributed by atoms with van der Waals surface area (Å²) in [4.78, 5) is 18.7. The minimum Gasteiger partial charge on any atom is -0.306 e. The number of fused-ring (bicyclic) bond motifs is 1. The number of nitrogens with one attached hydrogen (secondary N) is 1. The Balaban J connectivity index is 2.27. The molecule has 1 N–H and O–H groups in total. The first kappa shape index (κ1) is 12.7. The molecule has 0 aliphatic heterocycles. The second kappa shape index (κ2) is 4.68. The van der Waals surface area contributed by atoms with Crippen LogP contribution in [-0.4, -0.2) is 9.97 Å². The zero-order chi connectivity index (χ0) is 14.3. The minimum atomic E-state index is -1.13. The molecule has 3 rings (SSSR count). The molecule has 3 aromatic rings. The van der Waals surface area contributed by atoms with E-state index in [9.17, 15) is 13.6 Å². The maximum Gasteiger partial charge on any atom is 0.259 e. The average Bonchev–Trinajstić information content (AvgIpc) is 2.44. The quantitative estimate of drug-likeness (QED) is 0.698. The normalized spacial score (nSPS) is 10.9. The van der Waals surface area contributed by atoms with Crippen LogP contribution in [0.4, 0.5) is 8.78 Å². The van der Waals surface area contributed by atoms with E-state index >= 15 is 0 Å². The number of H-pyrrole nitrogens is 1. The monoisotopic (exact) mass is 292 g/mol. The molecule has 0 amide bonds. The molecule has 6 heteroatoms. The van der Waals surface area contributed by atoms with Crippen LogP contribution in [-0.2, 0) is 0 Å². The predicted octanol–water partition coefficient (Wildman–Crippen LogP) is 3.52. The van der Waals surface area contributed by atoms with Crippen molar-refractivity contribution in [2.75, 3.05) is 0 Å². The Morgan fingerprint density at radius 3 is 2.65 bits per heavy atom. The molecule has 0 spiro atoms. The van der Waals surface area contributed by atoms with Crippen molar-refractivity contribution in [1.82, 2.24) is 9.97 Å². The average molecular weight is 293 g/mol. The van der Waals surface area contributed by atoms with Gasteiger partial charge in [0.1, 0.15) is 5.82 Å². The van der Waals surface area contributed by atoms with Crippen LogP contribution in [0.3, 0.4) is 0 Å². The molecule has 1 heterocycles. The van der Waals surface area contributed by atoms with Gasteiger partial charge in [-0.3, -0.25) is 4.79 Å². The standard InChI is InChI=1S/C14H7ClF2N2O/c15-9-5-7(6-10(16)12(9)17)13-18-11-4-2-1-3-8(11)14(20)19-13/h1-6H,(H,18,19,20). The molecule has 0 saturated heterocycles. The molecular formula is C14H7ClF2N2O. The van der Waals surface area contributed by atoms with Gasteiger partial charge in [0.15, 0.2) is 11.6 Å². The first-order chi connectivity index (χ1) is 9.56. The summed E-state index contributed by atoms with van der Waals surface area (Å²) in [6.45, 7) is 0. The van der Waals surface area contributed by atoms with E-state index in [1.165, 1.54) is 6.07 Å². The fourth-order valence-corrected chi connectivity index (χ4v) is 2.12. The Bertz CT molecular complexity index is 853. The van der Waals surface area contributed by atoms with Crippen LogP contribution >= 0.6 is 11.6 Å². The van der Waals surface area contributed by atoms with Crippen LogP contribution in [0, 0.1) is 11.6 Å². The number of para-hydroxylation sites is 1. The molecule has 0 aliphatic carbocycles. The third kappa shape index (κ3) is 2.06. The molecule has 0 atom stereocenters. The highest BCUT2D eigenvalue weighted by atomic mass is 35.5. The van der Waals surface area contributed by atoms with Gasteiger partial charge in [-0.25, -0.2) is 13.8 Å². The molecule has 0 radical (unpaired) electrons. The zero-order valence-corrected chi connectivity index (χ0v) is 10.7. The third-order valence-electron chi connectivity index (χ3n) is 2.87. The van der Waals surface area contributed by atoms with Gasteiger partial charge in [-0.05, 0) is 24.3 Å². The van der Waals surface area contributed by atoms with E-state index in [1.54, 1.807) is 24.3 Å². The molecule has 0 bridgehead atoms. The number of aromatic nitrogens is 2. The van der Waals surface area contributed by atoms with Gasteiger partial charge in [0.05, 0.1) is 15.9 Å². The van der Waals surface area contributed by atoms with E-state index in [0.717, 1.165) is 6.07 Å². The fraction of sp³-hybridized carbons (Fsp3) is 0. The van der Waals surface area contributed by atoms with Crippen LogP contribution in [0.1, 0.15) is 0 Å². The van der Waals surface area contributed by atoms with Gasteiger partial charge in [-0.15, -0.1) is 0 Å². The molecule has 0 unspecified atom stereocenters. The van der Waals surface area contributed by atoms with Gasteiger partial charge < -0.3 is 4.98 Å². The topological polar surface area (TPSA) is 45.8 Å². The Labute approximate surface area is 116 Å². The lowest BCUT2D eigenvalue weighted by Crippen LogP contribution is -2.09. The highest BCUT2D eigenvalue weighted by Crippen LogP contribution is 2.25. The first-order valence-corrected chi connectivity index (χ1v) is 6.08. The third-order valence-corrected chi connectivity index (χ3v) is 3.15. The summed E-state index contributed by atoms with van der Waals surface area (Å²) in [5, 5.41) is 0.0562. The number of benzene rings is 2. The van der Waals surface area contributed by atoms with Crippen molar-refractivity contribution in [3.63, 3.8) is 0 Å². The Hall–Kier alpha value is -2.27. The molecule has 100 valence electrons. The Morgan fingerprint density at radius 2 is 1.90 bits per heavy atom. The van der Waals surface area contributed by atoms with Crippen molar-refractivity contribution >= 4 is 22.5 Å². The number of aromatic amines is 1. The summed E-state index contributed by atoms with van der Waals surface area (Å²) >= 11 is 5.59. The SMILES string of the molecule is O=c1[nH]c(-c2cc(F)c(F)c(Cl)c2)nc2ccccc12. The van der Waals surface area contributed by atoms with Crippen molar-refractivity contribution in [2.45, 2.75) is 0 Å². The maximum absolute atomic E-state index is 13.4. The molecule has 3 nitrogen and oxygen atoms in total. The first-order valence-electron chi connectivity index (χ1n) is 5.70. The lowest BCUT2D eigenvalue weighted by Gasteiger charge is -2.05. The Kier molecular flexibility index (Phi) is 2.99. The van der Waals surface area contributed by atoms with Crippen molar-refractivity contribution < 1.29 is 8.78 Å². The molecule has 1 aromatic heterocycles. The minimum absolute atomic E-state index is 0.134. The molecule has 0 fully saturated rings. The van der Waals surface area contributed by atoms with Crippen molar-refractivity contribution in [3.05, 3.63) is 63.4 Å². The van der Waals surface area contributed by atoms with Crippen LogP contribution in [0.5, 0.6) is 0 Å². The number of rotatable bonds is 1. The lowest BCUT2D eigenvalue weighted by molar-refractivity contribution is 0.509. The van der Waals surface area contributed by atoms with Crippen LogP contribution in [0.2, 0.25) is 5.02 Å². The van der Waals surface area contributed by atoms with Crippen LogP contribution in [0.25, 0.3) is 22.3 Å². The summed E-state index contributed by atoms with van der Waals surface area (Å²) in [5.41, 5.74) is 0.315. The van der Waals surface area contributed by atoms with Crippen molar-refractivity contribution in [1.29, 1.82) is 0 Å². The zero-order valence-electron chi connectivity index (χ0n) is 9.95. The number of hydrogen-bond donors (Lipinski definition) is 1. The highest BCUT2D eigenvalue weighted by molar-refractivity contribution is 6.31. The van der Waals surface area contributed by atoms with Crippen LogP contribution < -0.4 is 5.56 Å². The Morgan fingerprint density at radius 1 is 1.15 bits per heavy atom. The second-order valence-electron chi connectivity index (χ2n) is 4.19. The maximum atomic E-state index is 13.4. The number of nitrogens with zero attached hydrogens (tertiary/aromatic N) is 1. The molecule has 20 heavy (non-hydrogen) atoms. The number of hydrogen-bond acceptors (Lipinski definition) is 2. The predicted molar refractivity (Wildman–Crippen MR) is 72.7 cm³/mol. The van der Waals surface area contributed by atoms with E-state index < -0.39 is 11.6 Å².